The third-order valence-corrected chi connectivity index (χ3v) is 7.22. The summed E-state index contributed by atoms with van der Waals surface area (Å²) >= 11 is 0. The molecule has 1 saturated carbocycles. The summed E-state index contributed by atoms with van der Waals surface area (Å²) < 4.78 is 7.91. The van der Waals surface area contributed by atoms with Crippen molar-refractivity contribution in [3.63, 3.8) is 0 Å². The highest BCUT2D eigenvalue weighted by atomic mass is 16.5. The van der Waals surface area contributed by atoms with Crippen LogP contribution in [0.1, 0.15) is 24.5 Å². The molecule has 1 aromatic carbocycles. The number of fused-ring (bicyclic) bond motifs is 1. The fourth-order valence-electron chi connectivity index (χ4n) is 5.68. The van der Waals surface area contributed by atoms with Gasteiger partial charge >= 0.3 is 6.01 Å². The molecule has 9 heteroatoms. The topological polar surface area (TPSA) is 112 Å². The fourth-order valence-corrected chi connectivity index (χ4v) is 5.68. The number of nitrogens with zero attached hydrogens (tertiary/aromatic N) is 6. The van der Waals surface area contributed by atoms with Gasteiger partial charge in [0.25, 0.3) is 0 Å². The standard InChI is InChI=1S/C26H25N7O2/c1-3-19(34)33-13-26(14-33)11-17(12-26)22-20(21-23(27)30-15-31-24(21)32(22)2)16-5-7-18(8-6-16)35-25-28-9-4-10-29-25/h3-10,15,17H,1,11-14H2,2H3,(H2,27,30,31). The van der Waals surface area contributed by atoms with Gasteiger partial charge in [-0.2, -0.15) is 0 Å². The highest BCUT2D eigenvalue weighted by molar-refractivity contribution is 6.02. The number of nitrogen functional groups attached to an aromatic ring is 1. The Kier molecular flexibility index (Phi) is 4.80. The number of nitrogens with two attached hydrogens (primary N) is 1. The average molecular weight is 468 g/mol. The second-order valence-electron chi connectivity index (χ2n) is 9.44. The Bertz CT molecular complexity index is 1430. The molecule has 0 bridgehead atoms. The van der Waals surface area contributed by atoms with E-state index in [0.717, 1.165) is 48.1 Å². The molecule has 1 aliphatic carbocycles. The Labute approximate surface area is 202 Å². The highest BCUT2D eigenvalue weighted by Gasteiger charge is 2.54. The van der Waals surface area contributed by atoms with Gasteiger partial charge in [-0.05, 0) is 42.7 Å². The van der Waals surface area contributed by atoms with Gasteiger partial charge in [-0.15, -0.1) is 0 Å². The van der Waals surface area contributed by atoms with E-state index in [1.54, 1.807) is 18.5 Å². The van der Waals surface area contributed by atoms with Gasteiger partial charge in [0, 0.05) is 55.1 Å². The van der Waals surface area contributed by atoms with E-state index in [1.165, 1.54) is 18.1 Å². The fraction of sp³-hybridized carbons (Fsp3) is 0.269. The van der Waals surface area contributed by atoms with Crippen LogP contribution >= 0.6 is 0 Å². The molecule has 6 rings (SSSR count). The number of amides is 1. The maximum Gasteiger partial charge on any atom is 0.321 e. The third-order valence-electron chi connectivity index (χ3n) is 7.22. The number of aromatic nitrogens is 5. The summed E-state index contributed by atoms with van der Waals surface area (Å²) in [5.41, 5.74) is 10.7. The van der Waals surface area contributed by atoms with E-state index in [9.17, 15) is 4.79 Å². The van der Waals surface area contributed by atoms with Gasteiger partial charge in [0.2, 0.25) is 5.91 Å². The maximum absolute atomic E-state index is 11.9. The van der Waals surface area contributed by atoms with Gasteiger partial charge in [-0.25, -0.2) is 19.9 Å². The van der Waals surface area contributed by atoms with Crippen molar-refractivity contribution < 1.29 is 9.53 Å². The SMILES string of the molecule is C=CC(=O)N1CC2(CC(c3c(-c4ccc(Oc5ncccn5)cc4)c4c(N)ncnc4n3C)C2)C1. The van der Waals surface area contributed by atoms with E-state index in [0.29, 0.717) is 23.5 Å². The van der Waals surface area contributed by atoms with Crippen molar-refractivity contribution >= 4 is 22.8 Å². The smallest absolute Gasteiger partial charge is 0.321 e. The highest BCUT2D eigenvalue weighted by Crippen LogP contribution is 2.58. The first-order valence-electron chi connectivity index (χ1n) is 11.5. The molecule has 1 spiro atoms. The molecule has 1 saturated heterocycles. The number of anilines is 1. The quantitative estimate of drug-likeness (QED) is 0.446. The van der Waals surface area contributed by atoms with Crippen LogP contribution in [-0.4, -0.2) is 48.4 Å². The first-order valence-corrected chi connectivity index (χ1v) is 11.5. The Balaban J connectivity index is 1.34. The molecule has 2 fully saturated rings. The number of benzene rings is 1. The van der Waals surface area contributed by atoms with Crippen LogP contribution in [0.2, 0.25) is 0 Å². The third kappa shape index (κ3) is 3.42. The zero-order chi connectivity index (χ0) is 24.2. The molecule has 0 unspecified atom stereocenters. The zero-order valence-corrected chi connectivity index (χ0v) is 19.4. The minimum Gasteiger partial charge on any atom is -0.424 e. The number of carbonyl (C=O) groups excluding carboxylic acids is 1. The van der Waals surface area contributed by atoms with Crippen molar-refractivity contribution in [1.82, 2.24) is 29.4 Å². The van der Waals surface area contributed by atoms with Crippen LogP contribution in [0.5, 0.6) is 11.8 Å². The molecule has 1 aliphatic heterocycles. The monoisotopic (exact) mass is 467 g/mol. The van der Waals surface area contributed by atoms with Crippen LogP contribution in [0.4, 0.5) is 5.82 Å². The van der Waals surface area contributed by atoms with Gasteiger partial charge in [-0.3, -0.25) is 4.79 Å². The van der Waals surface area contributed by atoms with Crippen LogP contribution in [0.15, 0.2) is 61.7 Å². The molecule has 2 N–H and O–H groups in total. The number of carbonyl (C=O) groups is 1. The van der Waals surface area contributed by atoms with Gasteiger partial charge in [0.1, 0.15) is 23.5 Å². The molecule has 35 heavy (non-hydrogen) atoms. The van der Waals surface area contributed by atoms with Crippen molar-refractivity contribution in [2.75, 3.05) is 18.8 Å². The normalized spacial score (nSPS) is 16.7. The lowest BCUT2D eigenvalue weighted by Crippen LogP contribution is -2.63. The lowest BCUT2D eigenvalue weighted by Gasteiger charge is -2.59. The Morgan fingerprint density at radius 1 is 1.14 bits per heavy atom. The summed E-state index contributed by atoms with van der Waals surface area (Å²) in [4.78, 5) is 30.8. The summed E-state index contributed by atoms with van der Waals surface area (Å²) in [6.07, 6.45) is 8.22. The minimum atomic E-state index is 0.00984. The number of rotatable bonds is 5. The van der Waals surface area contributed by atoms with Crippen molar-refractivity contribution in [3.8, 4) is 22.9 Å². The average Bonchev–Trinajstić information content (AvgIpc) is 3.12. The van der Waals surface area contributed by atoms with Gasteiger partial charge in [0.15, 0.2) is 0 Å². The Morgan fingerprint density at radius 2 is 1.86 bits per heavy atom. The molecule has 2 aliphatic rings. The first kappa shape index (κ1) is 21.3. The zero-order valence-electron chi connectivity index (χ0n) is 19.4. The van der Waals surface area contributed by atoms with Crippen LogP contribution in [0.3, 0.4) is 0 Å². The summed E-state index contributed by atoms with van der Waals surface area (Å²) in [5, 5.41) is 0.864. The molecule has 9 nitrogen and oxygen atoms in total. The lowest BCUT2D eigenvalue weighted by molar-refractivity contribution is -0.146. The molecule has 0 radical (unpaired) electrons. The van der Waals surface area contributed by atoms with Crippen molar-refractivity contribution in [2.24, 2.45) is 12.5 Å². The van der Waals surface area contributed by atoms with Crippen molar-refractivity contribution in [3.05, 3.63) is 67.4 Å². The van der Waals surface area contributed by atoms with E-state index >= 15 is 0 Å². The van der Waals surface area contributed by atoms with Gasteiger partial charge in [0.05, 0.1) is 5.39 Å². The number of likely N-dealkylation sites (tertiary alicyclic amines) is 1. The number of ether oxygens (including phenoxy) is 1. The predicted octanol–water partition coefficient (Wildman–Crippen LogP) is 3.69. The summed E-state index contributed by atoms with van der Waals surface area (Å²) in [7, 11) is 2.04. The Morgan fingerprint density at radius 3 is 2.54 bits per heavy atom. The molecule has 3 aromatic heterocycles. The first-order chi connectivity index (χ1) is 17.0. The van der Waals surface area contributed by atoms with E-state index in [4.69, 9.17) is 10.5 Å². The number of hydrogen-bond donors (Lipinski definition) is 1. The van der Waals surface area contributed by atoms with E-state index in [-0.39, 0.29) is 11.3 Å². The van der Waals surface area contributed by atoms with Gasteiger partial charge in [-0.1, -0.05) is 18.7 Å². The van der Waals surface area contributed by atoms with Crippen molar-refractivity contribution in [1.29, 1.82) is 0 Å². The molecular weight excluding hydrogens is 442 g/mol. The van der Waals surface area contributed by atoms with Crippen LogP contribution in [-0.2, 0) is 11.8 Å². The summed E-state index contributed by atoms with van der Waals surface area (Å²) in [6.45, 7) is 5.19. The van der Waals surface area contributed by atoms with Gasteiger partial charge < -0.3 is 19.9 Å². The van der Waals surface area contributed by atoms with Crippen LogP contribution in [0.25, 0.3) is 22.2 Å². The largest absolute Gasteiger partial charge is 0.424 e. The van der Waals surface area contributed by atoms with E-state index < -0.39 is 0 Å². The van der Waals surface area contributed by atoms with E-state index in [2.05, 4.69) is 31.1 Å². The number of aryl methyl sites for hydroxylation is 1. The molecule has 4 aromatic rings. The van der Waals surface area contributed by atoms with Crippen molar-refractivity contribution in [2.45, 2.75) is 18.8 Å². The molecule has 4 heterocycles. The Hall–Kier alpha value is -4.27. The molecule has 0 atom stereocenters. The number of hydrogen-bond acceptors (Lipinski definition) is 7. The molecule has 1 amide bonds. The maximum atomic E-state index is 11.9. The molecule has 176 valence electrons. The minimum absolute atomic E-state index is 0.00984. The predicted molar refractivity (Wildman–Crippen MR) is 132 cm³/mol. The van der Waals surface area contributed by atoms with Crippen LogP contribution < -0.4 is 10.5 Å². The summed E-state index contributed by atoms with van der Waals surface area (Å²) in [5.74, 6) is 1.47. The summed E-state index contributed by atoms with van der Waals surface area (Å²) in [6, 6.07) is 9.89. The lowest BCUT2D eigenvalue weighted by atomic mass is 9.56. The van der Waals surface area contributed by atoms with E-state index in [1.807, 2.05) is 36.2 Å². The molecular formula is C26H25N7O2. The second kappa shape index (κ2) is 7.90. The second-order valence-corrected chi connectivity index (χ2v) is 9.44. The van der Waals surface area contributed by atoms with Crippen LogP contribution in [0, 0.1) is 5.41 Å².